The average Bonchev–Trinajstić information content (AvgIpc) is 2.75. The molecule has 2 aliphatic rings. The van der Waals surface area contributed by atoms with E-state index < -0.39 is 24.2 Å². The zero-order valence-corrected chi connectivity index (χ0v) is 15.8. The first-order chi connectivity index (χ1) is 13.2. The number of nitrogens with one attached hydrogen (secondary N) is 1. The minimum atomic E-state index is -4.93. The van der Waals surface area contributed by atoms with Gasteiger partial charge in [0.05, 0.1) is 17.8 Å². The topological polar surface area (TPSA) is 41.6 Å². The van der Waals surface area contributed by atoms with E-state index in [9.17, 15) is 18.0 Å². The van der Waals surface area contributed by atoms with Crippen LogP contribution >= 0.6 is 11.6 Å². The van der Waals surface area contributed by atoms with Crippen LogP contribution in [0.2, 0.25) is 5.02 Å². The number of carbonyl (C=O) groups is 1. The van der Waals surface area contributed by atoms with Crippen LogP contribution in [-0.2, 0) is 4.79 Å². The number of fused-ring (bicyclic) bond motifs is 5. The molecule has 2 aromatic rings. The monoisotopic (exact) mass is 410 g/mol. The zero-order chi connectivity index (χ0) is 20.1. The van der Waals surface area contributed by atoms with Crippen LogP contribution in [0.5, 0.6) is 11.5 Å². The third kappa shape index (κ3) is 3.39. The number of halogens is 4. The quantitative estimate of drug-likeness (QED) is 0.707. The number of benzene rings is 2. The van der Waals surface area contributed by atoms with Gasteiger partial charge in [-0.15, -0.1) is 0 Å². The summed E-state index contributed by atoms with van der Waals surface area (Å²) in [5.74, 6) is -0.768. The number of aryl methyl sites for hydroxylation is 1. The smallest absolute Gasteiger partial charge is 0.455 e. The molecule has 2 aliphatic heterocycles. The molecule has 4 rings (SSSR count). The first-order valence-corrected chi connectivity index (χ1v) is 9.34. The molecule has 1 saturated heterocycles. The Hall–Kier alpha value is -2.41. The molecule has 0 aliphatic carbocycles. The molecule has 1 N–H and O–H groups in total. The Morgan fingerprint density at radius 3 is 2.75 bits per heavy atom. The van der Waals surface area contributed by atoms with Gasteiger partial charge in [-0.05, 0) is 49.6 Å². The van der Waals surface area contributed by atoms with Gasteiger partial charge in [0.2, 0.25) is 0 Å². The van der Waals surface area contributed by atoms with Gasteiger partial charge in [-0.3, -0.25) is 4.79 Å². The summed E-state index contributed by atoms with van der Waals surface area (Å²) in [7, 11) is 0. The molecule has 0 saturated carbocycles. The molecule has 0 bridgehead atoms. The molecule has 1 amide bonds. The first-order valence-electron chi connectivity index (χ1n) is 8.96. The second kappa shape index (κ2) is 6.88. The predicted molar refractivity (Wildman–Crippen MR) is 100 cm³/mol. The lowest BCUT2D eigenvalue weighted by atomic mass is 9.89. The fourth-order valence-electron chi connectivity index (χ4n) is 3.95. The zero-order valence-electron chi connectivity index (χ0n) is 15.0. The SMILES string of the molecule is Cc1ccc2c(c1)Oc1ccc(Cl)cc1N1CCC[C@H](NC(=O)C(F)(F)F)[C@H]21. The largest absolute Gasteiger partial charge is 0.471 e. The predicted octanol–water partition coefficient (Wildman–Crippen LogP) is 5.14. The van der Waals surface area contributed by atoms with E-state index in [0.717, 1.165) is 11.1 Å². The normalized spacial score (nSPS) is 21.0. The van der Waals surface area contributed by atoms with Gasteiger partial charge in [0, 0.05) is 17.1 Å². The van der Waals surface area contributed by atoms with E-state index in [4.69, 9.17) is 16.3 Å². The van der Waals surface area contributed by atoms with Crippen molar-refractivity contribution in [3.63, 3.8) is 0 Å². The number of carbonyl (C=O) groups excluding carboxylic acids is 1. The fraction of sp³-hybridized carbons (Fsp3) is 0.350. The minimum absolute atomic E-state index is 0.437. The highest BCUT2D eigenvalue weighted by Gasteiger charge is 2.44. The lowest BCUT2D eigenvalue weighted by molar-refractivity contribution is -0.174. The van der Waals surface area contributed by atoms with Crippen LogP contribution in [0.25, 0.3) is 0 Å². The van der Waals surface area contributed by atoms with Gasteiger partial charge >= 0.3 is 12.1 Å². The number of piperidine rings is 1. The molecule has 0 unspecified atom stereocenters. The van der Waals surface area contributed by atoms with Crippen LogP contribution in [-0.4, -0.2) is 24.7 Å². The van der Waals surface area contributed by atoms with E-state index in [1.54, 1.807) is 18.2 Å². The van der Waals surface area contributed by atoms with E-state index in [1.807, 2.05) is 30.0 Å². The third-order valence-electron chi connectivity index (χ3n) is 5.14. The Labute approximate surface area is 165 Å². The van der Waals surface area contributed by atoms with Crippen LogP contribution in [0.1, 0.15) is 30.0 Å². The molecule has 0 aromatic heterocycles. The minimum Gasteiger partial charge on any atom is -0.455 e. The Kier molecular flexibility index (Phi) is 4.65. The highest BCUT2D eigenvalue weighted by atomic mass is 35.5. The van der Waals surface area contributed by atoms with E-state index in [0.29, 0.717) is 41.6 Å². The third-order valence-corrected chi connectivity index (χ3v) is 5.38. The van der Waals surface area contributed by atoms with Crippen molar-refractivity contribution < 1.29 is 22.7 Å². The summed E-state index contributed by atoms with van der Waals surface area (Å²) in [6, 6.07) is 9.61. The number of hydrogen-bond acceptors (Lipinski definition) is 3. The first kappa shape index (κ1) is 18.9. The average molecular weight is 411 g/mol. The number of nitrogens with zero attached hydrogens (tertiary/aromatic N) is 1. The van der Waals surface area contributed by atoms with Crippen molar-refractivity contribution in [1.29, 1.82) is 0 Å². The summed E-state index contributed by atoms with van der Waals surface area (Å²) >= 11 is 6.18. The standard InChI is InChI=1S/C20H18ClF3N2O2/c1-11-4-6-13-17(9-11)28-16-7-5-12(21)10-15(16)26-8-2-3-14(18(13)26)25-19(27)20(22,23)24/h4-7,9-10,14,18H,2-3,8H2,1H3,(H,25,27)/t14-,18-/m0/s1. The van der Waals surface area contributed by atoms with E-state index >= 15 is 0 Å². The van der Waals surface area contributed by atoms with Gasteiger partial charge in [-0.1, -0.05) is 23.7 Å². The lowest BCUT2D eigenvalue weighted by Gasteiger charge is -2.42. The van der Waals surface area contributed by atoms with Crippen molar-refractivity contribution in [2.45, 2.75) is 38.0 Å². The van der Waals surface area contributed by atoms with Crippen LogP contribution < -0.4 is 15.0 Å². The molecule has 2 atom stereocenters. The molecule has 8 heteroatoms. The molecule has 2 heterocycles. The summed E-state index contributed by atoms with van der Waals surface area (Å²) in [6.07, 6.45) is -3.86. The van der Waals surface area contributed by atoms with Gasteiger partial charge in [0.25, 0.3) is 0 Å². The number of amides is 1. The second-order valence-electron chi connectivity index (χ2n) is 7.11. The number of hydrogen-bond donors (Lipinski definition) is 1. The number of alkyl halides is 3. The number of anilines is 1. The summed E-state index contributed by atoms with van der Waals surface area (Å²) in [4.78, 5) is 13.6. The fourth-order valence-corrected chi connectivity index (χ4v) is 4.11. The van der Waals surface area contributed by atoms with Crippen LogP contribution in [0.4, 0.5) is 18.9 Å². The Morgan fingerprint density at radius 2 is 2.00 bits per heavy atom. The molecule has 0 spiro atoms. The lowest BCUT2D eigenvalue weighted by Crippen LogP contribution is -2.52. The molecule has 4 nitrogen and oxygen atoms in total. The Balaban J connectivity index is 1.83. The number of rotatable bonds is 1. The number of ether oxygens (including phenoxy) is 1. The maximum atomic E-state index is 12.9. The molecular weight excluding hydrogens is 393 g/mol. The van der Waals surface area contributed by atoms with Gasteiger partial charge in [0.15, 0.2) is 5.75 Å². The summed E-state index contributed by atoms with van der Waals surface area (Å²) in [5, 5.41) is 2.70. The van der Waals surface area contributed by atoms with Gasteiger partial charge in [-0.25, -0.2) is 0 Å². The van der Waals surface area contributed by atoms with Crippen molar-refractivity contribution in [2.24, 2.45) is 0 Å². The van der Waals surface area contributed by atoms with Crippen LogP contribution in [0.15, 0.2) is 36.4 Å². The second-order valence-corrected chi connectivity index (χ2v) is 7.55. The summed E-state index contributed by atoms with van der Waals surface area (Å²) in [5.41, 5.74) is 2.41. The Bertz CT molecular complexity index is 932. The molecule has 0 radical (unpaired) electrons. The van der Waals surface area contributed by atoms with Crippen LogP contribution in [0, 0.1) is 6.92 Å². The van der Waals surface area contributed by atoms with Gasteiger partial charge < -0.3 is 15.0 Å². The maximum absolute atomic E-state index is 12.9. The summed E-state index contributed by atoms with van der Waals surface area (Å²) in [6.45, 7) is 2.53. The molecule has 28 heavy (non-hydrogen) atoms. The van der Waals surface area contributed by atoms with Crippen molar-refractivity contribution >= 4 is 23.2 Å². The highest BCUT2D eigenvalue weighted by Crippen LogP contribution is 2.48. The van der Waals surface area contributed by atoms with Crippen molar-refractivity contribution in [1.82, 2.24) is 5.32 Å². The highest BCUT2D eigenvalue weighted by molar-refractivity contribution is 6.31. The molecule has 2 aromatic carbocycles. The van der Waals surface area contributed by atoms with Crippen molar-refractivity contribution in [2.75, 3.05) is 11.4 Å². The van der Waals surface area contributed by atoms with Crippen LogP contribution in [0.3, 0.4) is 0 Å². The molecule has 148 valence electrons. The van der Waals surface area contributed by atoms with E-state index in [2.05, 4.69) is 5.32 Å². The summed E-state index contributed by atoms with van der Waals surface area (Å²) < 4.78 is 44.8. The Morgan fingerprint density at radius 1 is 1.21 bits per heavy atom. The van der Waals surface area contributed by atoms with Crippen molar-refractivity contribution in [3.05, 3.63) is 52.5 Å². The van der Waals surface area contributed by atoms with Gasteiger partial charge in [0.1, 0.15) is 5.75 Å². The molecule has 1 fully saturated rings. The van der Waals surface area contributed by atoms with E-state index in [-0.39, 0.29) is 0 Å². The maximum Gasteiger partial charge on any atom is 0.471 e. The van der Waals surface area contributed by atoms with E-state index in [1.165, 1.54) is 0 Å². The van der Waals surface area contributed by atoms with Crippen molar-refractivity contribution in [3.8, 4) is 11.5 Å². The molecular formula is C20H18ClF3N2O2. The van der Waals surface area contributed by atoms with Gasteiger partial charge in [-0.2, -0.15) is 13.2 Å².